The van der Waals surface area contributed by atoms with E-state index in [-0.39, 0.29) is 22.6 Å². The summed E-state index contributed by atoms with van der Waals surface area (Å²) in [5.41, 5.74) is 0. The molecule has 0 saturated carbocycles. The zero-order chi connectivity index (χ0) is 8.27. The summed E-state index contributed by atoms with van der Waals surface area (Å²) < 4.78 is 4.84. The molecule has 0 aliphatic carbocycles. The quantitative estimate of drug-likeness (QED) is 0.556. The molecular weight excluding hydrogens is 210 g/mol. The fourth-order valence-electron chi connectivity index (χ4n) is 0.614. The van der Waals surface area contributed by atoms with Crippen LogP contribution in [0.1, 0.15) is 16.3 Å². The number of Topliss-reactive ketones (excluding diaryl/α,β-unsaturated/α-hetero) is 1. The summed E-state index contributed by atoms with van der Waals surface area (Å²) in [5.74, 6) is 0.222. The predicted octanol–water partition coefficient (Wildman–Crippen LogP) is 1.73. The molecule has 0 unspecified atom stereocenters. The van der Waals surface area contributed by atoms with E-state index in [1.165, 1.54) is 12.1 Å². The maximum absolute atomic E-state index is 10.9. The number of hydrogen-bond acceptors (Lipinski definition) is 3. The third kappa shape index (κ3) is 1.69. The average Bonchev–Trinajstić information content (AvgIpc) is 2.50. The van der Waals surface area contributed by atoms with Crippen molar-refractivity contribution in [1.29, 1.82) is 5.26 Å². The minimum atomic E-state index is -0.161. The van der Waals surface area contributed by atoms with Crippen molar-refractivity contribution in [3.63, 3.8) is 0 Å². The molecule has 0 atom stereocenters. The number of rotatable bonds is 2. The van der Waals surface area contributed by atoms with Gasteiger partial charge in [-0.25, -0.2) is 0 Å². The van der Waals surface area contributed by atoms with E-state index in [2.05, 4.69) is 15.9 Å². The second-order valence-corrected chi connectivity index (χ2v) is 2.39. The van der Waals surface area contributed by atoms with Gasteiger partial charge in [-0.15, -0.1) is 0 Å². The lowest BCUT2D eigenvalue weighted by Gasteiger charge is -1.86. The molecule has 0 amide bonds. The molecule has 3 nitrogen and oxygen atoms in total. The number of hydrogen-bond donors (Lipinski definition) is 0. The van der Waals surface area contributed by atoms with Crippen LogP contribution in [0.4, 0.5) is 0 Å². The van der Waals surface area contributed by atoms with Crippen molar-refractivity contribution in [2.24, 2.45) is 0 Å². The highest BCUT2D eigenvalue weighted by Crippen LogP contribution is 2.07. The molecule has 0 aliphatic heterocycles. The van der Waals surface area contributed by atoms with Crippen molar-refractivity contribution >= 4 is 21.7 Å². The van der Waals surface area contributed by atoms with Crippen molar-refractivity contribution in [1.82, 2.24) is 0 Å². The van der Waals surface area contributed by atoms with Crippen LogP contribution < -0.4 is 0 Å². The fourth-order valence-corrected chi connectivity index (χ4v) is 0.890. The maximum atomic E-state index is 10.9. The van der Waals surface area contributed by atoms with Gasteiger partial charge in [-0.05, 0) is 12.1 Å². The highest BCUT2D eigenvalue weighted by molar-refractivity contribution is 9.09. The molecular formula is C7H4BrNO2. The van der Waals surface area contributed by atoms with Gasteiger partial charge in [-0.2, -0.15) is 5.26 Å². The normalized spacial score (nSPS) is 9.09. The Morgan fingerprint density at radius 3 is 2.91 bits per heavy atom. The van der Waals surface area contributed by atoms with E-state index in [4.69, 9.17) is 9.68 Å². The molecule has 1 rings (SSSR count). The first-order valence-electron chi connectivity index (χ1n) is 2.87. The zero-order valence-electron chi connectivity index (χ0n) is 5.50. The number of carbonyl (C=O) groups is 1. The van der Waals surface area contributed by atoms with Crippen LogP contribution in [0.5, 0.6) is 0 Å². The van der Waals surface area contributed by atoms with E-state index >= 15 is 0 Å². The number of nitrogens with zero attached hydrogens (tertiary/aromatic N) is 1. The van der Waals surface area contributed by atoms with Crippen LogP contribution in [0.2, 0.25) is 0 Å². The van der Waals surface area contributed by atoms with Gasteiger partial charge in [0.25, 0.3) is 0 Å². The SMILES string of the molecule is N#Cc1ccc(C(=O)CBr)o1. The van der Waals surface area contributed by atoms with Crippen LogP contribution in [-0.2, 0) is 0 Å². The minimum Gasteiger partial charge on any atom is -0.442 e. The number of ketones is 1. The largest absolute Gasteiger partial charge is 0.442 e. The smallest absolute Gasteiger partial charge is 0.208 e. The Bertz CT molecular complexity index is 310. The molecule has 0 N–H and O–H groups in total. The molecule has 0 saturated heterocycles. The molecule has 56 valence electrons. The van der Waals surface area contributed by atoms with E-state index in [1.807, 2.05) is 0 Å². The second-order valence-electron chi connectivity index (χ2n) is 1.83. The Hall–Kier alpha value is -1.08. The predicted molar refractivity (Wildman–Crippen MR) is 41.5 cm³/mol. The molecule has 0 spiro atoms. The zero-order valence-corrected chi connectivity index (χ0v) is 7.09. The minimum absolute atomic E-state index is 0.161. The number of carbonyl (C=O) groups excluding carboxylic acids is 1. The third-order valence-electron chi connectivity index (χ3n) is 1.11. The summed E-state index contributed by atoms with van der Waals surface area (Å²) in [7, 11) is 0. The van der Waals surface area contributed by atoms with Crippen molar-refractivity contribution in [3.8, 4) is 6.07 Å². The van der Waals surface area contributed by atoms with Gasteiger partial charge >= 0.3 is 0 Å². The molecule has 1 heterocycles. The third-order valence-corrected chi connectivity index (χ3v) is 1.62. The van der Waals surface area contributed by atoms with Crippen molar-refractivity contribution < 1.29 is 9.21 Å². The van der Waals surface area contributed by atoms with Gasteiger partial charge in [0.2, 0.25) is 11.5 Å². The van der Waals surface area contributed by atoms with Gasteiger partial charge in [-0.3, -0.25) is 4.79 Å². The van der Waals surface area contributed by atoms with Gasteiger partial charge in [-0.1, -0.05) is 15.9 Å². The fraction of sp³-hybridized carbons (Fsp3) is 0.143. The van der Waals surface area contributed by atoms with Gasteiger partial charge < -0.3 is 4.42 Å². The number of halogens is 1. The van der Waals surface area contributed by atoms with E-state index in [1.54, 1.807) is 6.07 Å². The van der Waals surface area contributed by atoms with Crippen molar-refractivity contribution in [3.05, 3.63) is 23.7 Å². The lowest BCUT2D eigenvalue weighted by atomic mass is 10.3. The first-order chi connectivity index (χ1) is 5.27. The topological polar surface area (TPSA) is 54.0 Å². The van der Waals surface area contributed by atoms with Crippen LogP contribution >= 0.6 is 15.9 Å². The highest BCUT2D eigenvalue weighted by Gasteiger charge is 2.08. The van der Waals surface area contributed by atoms with Crippen LogP contribution in [-0.4, -0.2) is 11.1 Å². The Kier molecular flexibility index (Phi) is 2.44. The molecule has 0 aromatic carbocycles. The molecule has 1 aromatic rings. The summed E-state index contributed by atoms with van der Waals surface area (Å²) in [6.07, 6.45) is 0. The van der Waals surface area contributed by atoms with Crippen LogP contribution in [0, 0.1) is 11.3 Å². The average molecular weight is 214 g/mol. The van der Waals surface area contributed by atoms with Gasteiger partial charge in [0.15, 0.2) is 5.76 Å². The van der Waals surface area contributed by atoms with Crippen molar-refractivity contribution in [2.45, 2.75) is 0 Å². The van der Waals surface area contributed by atoms with Crippen LogP contribution in [0.15, 0.2) is 16.5 Å². The Morgan fingerprint density at radius 1 is 1.73 bits per heavy atom. The molecule has 4 heteroatoms. The number of nitriles is 1. The molecule has 1 aromatic heterocycles. The number of alkyl halides is 1. The molecule has 11 heavy (non-hydrogen) atoms. The van der Waals surface area contributed by atoms with Gasteiger partial charge in [0, 0.05) is 0 Å². The Morgan fingerprint density at radius 2 is 2.45 bits per heavy atom. The Labute approximate surface area is 71.7 Å². The van der Waals surface area contributed by atoms with E-state index in [0.717, 1.165) is 0 Å². The summed E-state index contributed by atoms with van der Waals surface area (Å²) >= 11 is 2.99. The highest BCUT2D eigenvalue weighted by atomic mass is 79.9. The summed E-state index contributed by atoms with van der Waals surface area (Å²) in [4.78, 5) is 10.9. The van der Waals surface area contributed by atoms with Crippen LogP contribution in [0.3, 0.4) is 0 Å². The summed E-state index contributed by atoms with van der Waals surface area (Å²) in [6.45, 7) is 0. The van der Waals surface area contributed by atoms with Crippen molar-refractivity contribution in [2.75, 3.05) is 5.33 Å². The molecule has 0 fully saturated rings. The van der Waals surface area contributed by atoms with Gasteiger partial charge in [0.1, 0.15) is 6.07 Å². The lowest BCUT2D eigenvalue weighted by Crippen LogP contribution is -1.96. The van der Waals surface area contributed by atoms with Gasteiger partial charge in [0.05, 0.1) is 5.33 Å². The van der Waals surface area contributed by atoms with E-state index < -0.39 is 0 Å². The van der Waals surface area contributed by atoms with Crippen LogP contribution in [0.25, 0.3) is 0 Å². The Balaban J connectivity index is 2.91. The standard InChI is InChI=1S/C7H4BrNO2/c8-3-6(10)7-2-1-5(4-9)11-7/h1-2H,3H2. The first kappa shape index (κ1) is 8.02. The maximum Gasteiger partial charge on any atom is 0.208 e. The number of furan rings is 1. The molecule has 0 radical (unpaired) electrons. The summed E-state index contributed by atoms with van der Waals surface area (Å²) in [5, 5.41) is 8.55. The molecule has 0 bridgehead atoms. The van der Waals surface area contributed by atoms with E-state index in [9.17, 15) is 4.79 Å². The molecule has 0 aliphatic rings. The lowest BCUT2D eigenvalue weighted by molar-refractivity contribution is 0.0993. The monoisotopic (exact) mass is 213 g/mol. The summed E-state index contributed by atoms with van der Waals surface area (Å²) in [6, 6.07) is 4.75. The first-order valence-corrected chi connectivity index (χ1v) is 3.99. The van der Waals surface area contributed by atoms with E-state index in [0.29, 0.717) is 0 Å². The second kappa shape index (κ2) is 3.35.